The first kappa shape index (κ1) is 17.5. The van der Waals surface area contributed by atoms with Gasteiger partial charge in [-0.3, -0.25) is 4.90 Å². The average Bonchev–Trinajstić information content (AvgIpc) is 3.33. The van der Waals surface area contributed by atoms with Crippen LogP contribution in [-0.2, 0) is 22.5 Å². The van der Waals surface area contributed by atoms with E-state index in [1.807, 2.05) is 36.4 Å². The summed E-state index contributed by atoms with van der Waals surface area (Å²) in [5.74, 6) is -1.13. The molecule has 3 aromatic rings. The number of nitrogens with zero attached hydrogens (tertiary/aromatic N) is 2. The highest BCUT2D eigenvalue weighted by Gasteiger charge is 2.38. The van der Waals surface area contributed by atoms with Crippen molar-refractivity contribution in [2.75, 3.05) is 6.61 Å². The number of rotatable bonds is 3. The van der Waals surface area contributed by atoms with Gasteiger partial charge in [0.2, 0.25) is 0 Å². The van der Waals surface area contributed by atoms with Crippen molar-refractivity contribution in [2.24, 2.45) is 0 Å². The number of hydrogen-bond donors (Lipinski definition) is 2. The van der Waals surface area contributed by atoms with Crippen molar-refractivity contribution < 1.29 is 19.4 Å². The number of aromatic amines is 1. The van der Waals surface area contributed by atoms with Gasteiger partial charge in [0.25, 0.3) is 0 Å². The molecule has 1 unspecified atom stereocenters. The lowest BCUT2D eigenvalue weighted by atomic mass is 9.98. The molecule has 0 saturated heterocycles. The summed E-state index contributed by atoms with van der Waals surface area (Å²) in [4.78, 5) is 32.9. The van der Waals surface area contributed by atoms with E-state index in [0.717, 1.165) is 27.9 Å². The molecule has 0 fully saturated rings. The number of imidazole rings is 1. The molecule has 7 heteroatoms. The van der Waals surface area contributed by atoms with Crippen LogP contribution in [-0.4, -0.2) is 44.7 Å². The van der Waals surface area contributed by atoms with E-state index in [4.69, 9.17) is 4.74 Å². The van der Waals surface area contributed by atoms with Crippen molar-refractivity contribution in [1.29, 1.82) is 0 Å². The van der Waals surface area contributed by atoms with Crippen LogP contribution in [0.1, 0.15) is 28.4 Å². The molecule has 1 aromatic heterocycles. The van der Waals surface area contributed by atoms with Crippen LogP contribution in [0.5, 0.6) is 0 Å². The number of ether oxygens (including phenoxy) is 1. The number of aromatic nitrogens is 2. The first-order chi connectivity index (χ1) is 14.1. The predicted molar refractivity (Wildman–Crippen MR) is 104 cm³/mol. The quantitative estimate of drug-likeness (QED) is 0.717. The zero-order valence-electron chi connectivity index (χ0n) is 15.5. The van der Waals surface area contributed by atoms with Crippen LogP contribution in [0.15, 0.2) is 54.9 Å². The third kappa shape index (κ3) is 2.86. The summed E-state index contributed by atoms with van der Waals surface area (Å²) in [5, 5.41) is 9.57. The van der Waals surface area contributed by atoms with Crippen LogP contribution in [0.2, 0.25) is 0 Å². The molecule has 2 N–H and O–H groups in total. The molecule has 2 aromatic carbocycles. The number of amides is 1. The highest BCUT2D eigenvalue weighted by Crippen LogP contribution is 2.44. The minimum Gasteiger partial charge on any atom is -0.480 e. The Morgan fingerprint density at radius 3 is 2.41 bits per heavy atom. The standard InChI is InChI=1S/C22H19N3O4/c26-21(27)20-9-18-19(24-12-23-18)10-25(20)22(28)29-11-17-15-7-3-1-5-13(15)14-6-2-4-8-16(14)17/h1-8,12,17,20H,9-11H2,(H,23,24)(H,26,27). The molecule has 1 atom stereocenters. The lowest BCUT2D eigenvalue weighted by molar-refractivity contribution is -0.143. The number of carboxylic acid groups (broad SMARTS) is 1. The van der Waals surface area contributed by atoms with Crippen molar-refractivity contribution in [3.63, 3.8) is 0 Å². The second-order valence-electron chi connectivity index (χ2n) is 7.32. The third-order valence-corrected chi connectivity index (χ3v) is 5.75. The van der Waals surface area contributed by atoms with Gasteiger partial charge in [-0.25, -0.2) is 14.6 Å². The Labute approximate surface area is 167 Å². The second-order valence-corrected chi connectivity index (χ2v) is 7.32. The Morgan fingerprint density at radius 2 is 1.76 bits per heavy atom. The molecule has 0 radical (unpaired) electrons. The fraction of sp³-hybridized carbons (Fsp3) is 0.227. The highest BCUT2D eigenvalue weighted by atomic mass is 16.6. The van der Waals surface area contributed by atoms with Gasteiger partial charge in [-0.05, 0) is 22.3 Å². The largest absolute Gasteiger partial charge is 0.480 e. The van der Waals surface area contributed by atoms with Gasteiger partial charge < -0.3 is 14.8 Å². The fourth-order valence-corrected chi connectivity index (χ4v) is 4.33. The molecule has 2 heterocycles. The van der Waals surface area contributed by atoms with Gasteiger partial charge >= 0.3 is 12.1 Å². The van der Waals surface area contributed by atoms with E-state index in [9.17, 15) is 14.7 Å². The summed E-state index contributed by atoms with van der Waals surface area (Å²) >= 11 is 0. The van der Waals surface area contributed by atoms with Gasteiger partial charge in [0, 0.05) is 12.3 Å². The van der Waals surface area contributed by atoms with Gasteiger partial charge in [-0.1, -0.05) is 48.5 Å². The number of fused-ring (bicyclic) bond motifs is 4. The summed E-state index contributed by atoms with van der Waals surface area (Å²) < 4.78 is 5.64. The predicted octanol–water partition coefficient (Wildman–Crippen LogP) is 3.17. The van der Waals surface area contributed by atoms with Crippen molar-refractivity contribution >= 4 is 12.1 Å². The fourth-order valence-electron chi connectivity index (χ4n) is 4.33. The zero-order chi connectivity index (χ0) is 20.0. The first-order valence-corrected chi connectivity index (χ1v) is 9.49. The van der Waals surface area contributed by atoms with E-state index in [2.05, 4.69) is 22.1 Å². The van der Waals surface area contributed by atoms with E-state index < -0.39 is 18.1 Å². The molecule has 0 saturated carbocycles. The number of aliphatic carboxylic acids is 1. The minimum absolute atomic E-state index is 0.0675. The minimum atomic E-state index is -1.06. The molecule has 2 aliphatic rings. The molecule has 5 rings (SSSR count). The molecule has 1 amide bonds. The molecule has 146 valence electrons. The summed E-state index contributed by atoms with van der Waals surface area (Å²) in [5.41, 5.74) is 5.95. The van der Waals surface area contributed by atoms with Crippen LogP contribution in [0.3, 0.4) is 0 Å². The maximum Gasteiger partial charge on any atom is 0.410 e. The van der Waals surface area contributed by atoms with E-state index in [1.165, 1.54) is 11.2 Å². The van der Waals surface area contributed by atoms with Crippen molar-refractivity contribution in [3.8, 4) is 11.1 Å². The van der Waals surface area contributed by atoms with Crippen molar-refractivity contribution in [3.05, 3.63) is 77.4 Å². The number of carboxylic acids is 1. The first-order valence-electron chi connectivity index (χ1n) is 9.49. The molecular weight excluding hydrogens is 370 g/mol. The smallest absolute Gasteiger partial charge is 0.410 e. The Morgan fingerprint density at radius 1 is 1.10 bits per heavy atom. The van der Waals surface area contributed by atoms with Crippen molar-refractivity contribution in [1.82, 2.24) is 14.9 Å². The van der Waals surface area contributed by atoms with E-state index in [0.29, 0.717) is 5.69 Å². The average molecular weight is 389 g/mol. The Kier molecular flexibility index (Phi) is 4.08. The Balaban J connectivity index is 1.38. The number of carbonyl (C=O) groups is 2. The summed E-state index contributed by atoms with van der Waals surface area (Å²) in [7, 11) is 0. The number of H-pyrrole nitrogens is 1. The molecule has 1 aliphatic heterocycles. The summed E-state index contributed by atoms with van der Waals surface area (Å²) in [6.07, 6.45) is 1.06. The number of benzene rings is 2. The Hall–Kier alpha value is -3.61. The molecule has 1 aliphatic carbocycles. The van der Waals surface area contributed by atoms with Crippen LogP contribution in [0.25, 0.3) is 11.1 Å². The Bertz CT molecular complexity index is 1060. The van der Waals surface area contributed by atoms with E-state index in [1.54, 1.807) is 0 Å². The van der Waals surface area contributed by atoms with Crippen LogP contribution in [0.4, 0.5) is 4.79 Å². The molecular formula is C22H19N3O4. The van der Waals surface area contributed by atoms with Gasteiger partial charge in [0.05, 0.1) is 24.3 Å². The lowest BCUT2D eigenvalue weighted by Crippen LogP contribution is -2.49. The van der Waals surface area contributed by atoms with E-state index >= 15 is 0 Å². The highest BCUT2D eigenvalue weighted by molar-refractivity contribution is 5.81. The van der Waals surface area contributed by atoms with Crippen LogP contribution >= 0.6 is 0 Å². The lowest BCUT2D eigenvalue weighted by Gasteiger charge is -2.31. The molecule has 29 heavy (non-hydrogen) atoms. The van der Waals surface area contributed by atoms with Crippen molar-refractivity contribution in [2.45, 2.75) is 24.9 Å². The normalized spacial score (nSPS) is 17.4. The maximum absolute atomic E-state index is 12.8. The van der Waals surface area contributed by atoms with Gasteiger partial charge in [-0.15, -0.1) is 0 Å². The number of nitrogens with one attached hydrogen (secondary N) is 1. The third-order valence-electron chi connectivity index (χ3n) is 5.75. The summed E-state index contributed by atoms with van der Waals surface area (Å²) in [6, 6.07) is 15.2. The SMILES string of the molecule is O=C(O)C1Cc2nc[nH]c2CN1C(=O)OCC1c2ccccc2-c2ccccc21. The number of hydrogen-bond acceptors (Lipinski definition) is 4. The summed E-state index contributed by atoms with van der Waals surface area (Å²) in [6.45, 7) is 0.300. The van der Waals surface area contributed by atoms with Crippen LogP contribution < -0.4 is 0 Å². The molecule has 0 spiro atoms. The molecule has 0 bridgehead atoms. The van der Waals surface area contributed by atoms with Gasteiger partial charge in [0.15, 0.2) is 0 Å². The van der Waals surface area contributed by atoms with E-state index in [-0.39, 0.29) is 25.5 Å². The van der Waals surface area contributed by atoms with Gasteiger partial charge in [0.1, 0.15) is 12.6 Å². The van der Waals surface area contributed by atoms with Crippen LogP contribution in [0, 0.1) is 0 Å². The second kappa shape index (κ2) is 6.77. The zero-order valence-corrected chi connectivity index (χ0v) is 15.5. The van der Waals surface area contributed by atoms with Gasteiger partial charge in [-0.2, -0.15) is 0 Å². The molecule has 7 nitrogen and oxygen atoms in total. The topological polar surface area (TPSA) is 95.5 Å². The monoisotopic (exact) mass is 389 g/mol. The number of carbonyl (C=O) groups excluding carboxylic acids is 1. The maximum atomic E-state index is 12.8.